The molecule has 30 heavy (non-hydrogen) atoms. The average molecular weight is 428 g/mol. The minimum Gasteiger partial charge on any atom is -0.481 e. The highest BCUT2D eigenvalue weighted by Gasteiger charge is 2.06. The average Bonchev–Trinajstić information content (AvgIpc) is 2.69. The second kappa shape index (κ2) is 19.3. The maximum absolute atomic E-state index is 10.4. The van der Waals surface area contributed by atoms with Gasteiger partial charge in [-0.3, -0.25) is 9.59 Å². The predicted octanol–water partition coefficient (Wildman–Crippen LogP) is 2.26. The van der Waals surface area contributed by atoms with Gasteiger partial charge in [-0.2, -0.15) is 0 Å². The zero-order valence-electron chi connectivity index (χ0n) is 17.0. The fourth-order valence-corrected chi connectivity index (χ4v) is 1.98. The summed E-state index contributed by atoms with van der Waals surface area (Å²) in [5.74, 6) is -3.99. The Morgan fingerprint density at radius 2 is 1.00 bits per heavy atom. The largest absolute Gasteiger partial charge is 0.481 e. The molecular formula is C20H32N2O8. The van der Waals surface area contributed by atoms with Crippen molar-refractivity contribution in [1.82, 2.24) is 0 Å². The molecule has 0 saturated carbocycles. The minimum absolute atomic E-state index is 0.0186. The Hall–Kier alpha value is -2.98. The van der Waals surface area contributed by atoms with Crippen LogP contribution in [0.4, 0.5) is 0 Å². The third kappa shape index (κ3) is 19.8. The first-order valence-electron chi connectivity index (χ1n) is 9.56. The van der Waals surface area contributed by atoms with Crippen LogP contribution in [-0.2, 0) is 9.59 Å². The van der Waals surface area contributed by atoms with Gasteiger partial charge in [-0.15, -0.1) is 0 Å². The molecule has 10 heteroatoms. The maximum Gasteiger partial charge on any atom is 0.335 e. The van der Waals surface area contributed by atoms with E-state index in [4.69, 9.17) is 31.9 Å². The summed E-state index contributed by atoms with van der Waals surface area (Å²) in [5.41, 5.74) is 10.5. The molecule has 0 radical (unpaired) electrons. The summed E-state index contributed by atoms with van der Waals surface area (Å²) >= 11 is 0. The van der Waals surface area contributed by atoms with Crippen molar-refractivity contribution in [3.05, 3.63) is 35.4 Å². The molecule has 0 aromatic heterocycles. The zero-order valence-corrected chi connectivity index (χ0v) is 17.0. The van der Waals surface area contributed by atoms with E-state index in [1.807, 2.05) is 0 Å². The first-order chi connectivity index (χ1) is 14.1. The fourth-order valence-electron chi connectivity index (χ4n) is 1.98. The van der Waals surface area contributed by atoms with Gasteiger partial charge in [-0.05, 0) is 57.0 Å². The quantitative estimate of drug-likeness (QED) is 0.268. The van der Waals surface area contributed by atoms with E-state index in [-0.39, 0.29) is 24.0 Å². The molecule has 10 nitrogen and oxygen atoms in total. The van der Waals surface area contributed by atoms with Gasteiger partial charge in [0.25, 0.3) is 0 Å². The van der Waals surface area contributed by atoms with E-state index < -0.39 is 23.9 Å². The number of aromatic carboxylic acids is 2. The van der Waals surface area contributed by atoms with Crippen LogP contribution in [0.1, 0.15) is 72.1 Å². The van der Waals surface area contributed by atoms with E-state index in [9.17, 15) is 19.2 Å². The number of hydrogen-bond acceptors (Lipinski definition) is 6. The van der Waals surface area contributed by atoms with Gasteiger partial charge in [0.1, 0.15) is 0 Å². The van der Waals surface area contributed by atoms with Gasteiger partial charge in [-0.25, -0.2) is 9.59 Å². The predicted molar refractivity (Wildman–Crippen MR) is 111 cm³/mol. The Labute approximate surface area is 175 Å². The van der Waals surface area contributed by atoms with E-state index in [1.165, 1.54) is 31.0 Å². The third-order valence-electron chi connectivity index (χ3n) is 3.55. The summed E-state index contributed by atoms with van der Waals surface area (Å²) in [6, 6.07) is 5.20. The smallest absolute Gasteiger partial charge is 0.335 e. The maximum atomic E-state index is 10.4. The molecule has 0 bridgehead atoms. The van der Waals surface area contributed by atoms with Gasteiger partial charge in [0, 0.05) is 12.8 Å². The third-order valence-corrected chi connectivity index (χ3v) is 3.55. The Kier molecular flexibility index (Phi) is 18.8. The number of carboxylic acids is 4. The van der Waals surface area contributed by atoms with Crippen molar-refractivity contribution in [2.75, 3.05) is 13.1 Å². The standard InChI is InChI=1S/C8H6O4.C6H16N2.C6H10O4/c9-7(10)5-2-1-3-6(4-5)8(11)12;7-5-3-1-2-4-6-8;7-5(8)3-1-2-4-6(9)10/h1-4H,(H,9,10)(H,11,12);1-8H2;1-4H2,(H,7,8)(H,9,10). The highest BCUT2D eigenvalue weighted by molar-refractivity contribution is 5.93. The van der Waals surface area contributed by atoms with Crippen LogP contribution in [0.3, 0.4) is 0 Å². The summed E-state index contributed by atoms with van der Waals surface area (Å²) in [6.45, 7) is 1.65. The zero-order chi connectivity index (χ0) is 23.4. The fraction of sp³-hybridized carbons (Fsp3) is 0.500. The van der Waals surface area contributed by atoms with Crippen molar-refractivity contribution in [3.8, 4) is 0 Å². The number of unbranched alkanes of at least 4 members (excludes halogenated alkanes) is 4. The molecule has 0 heterocycles. The Morgan fingerprint density at radius 3 is 1.27 bits per heavy atom. The summed E-state index contributed by atoms with van der Waals surface area (Å²) in [6.07, 6.45) is 5.81. The Morgan fingerprint density at radius 1 is 0.633 bits per heavy atom. The van der Waals surface area contributed by atoms with Crippen molar-refractivity contribution in [1.29, 1.82) is 0 Å². The van der Waals surface area contributed by atoms with E-state index in [0.29, 0.717) is 12.8 Å². The number of hydrogen-bond donors (Lipinski definition) is 6. The van der Waals surface area contributed by atoms with Gasteiger partial charge >= 0.3 is 23.9 Å². The molecule has 0 saturated heterocycles. The topological polar surface area (TPSA) is 201 Å². The molecule has 8 N–H and O–H groups in total. The van der Waals surface area contributed by atoms with Crippen molar-refractivity contribution < 1.29 is 39.6 Å². The van der Waals surface area contributed by atoms with Gasteiger partial charge < -0.3 is 31.9 Å². The van der Waals surface area contributed by atoms with Crippen LogP contribution >= 0.6 is 0 Å². The second-order valence-corrected chi connectivity index (χ2v) is 6.18. The van der Waals surface area contributed by atoms with Crippen LogP contribution < -0.4 is 11.5 Å². The Balaban J connectivity index is 0. The highest BCUT2D eigenvalue weighted by atomic mass is 16.4. The molecule has 0 spiro atoms. The normalized spacial score (nSPS) is 9.40. The molecule has 1 rings (SSSR count). The first kappa shape index (κ1) is 29.2. The summed E-state index contributed by atoms with van der Waals surface area (Å²) < 4.78 is 0. The molecule has 0 aliphatic carbocycles. The van der Waals surface area contributed by atoms with Gasteiger partial charge in [0.05, 0.1) is 11.1 Å². The minimum atomic E-state index is -1.13. The number of aliphatic carboxylic acids is 2. The molecule has 0 aliphatic rings. The molecule has 0 amide bonds. The van der Waals surface area contributed by atoms with E-state index >= 15 is 0 Å². The van der Waals surface area contributed by atoms with Crippen LogP contribution in [0.25, 0.3) is 0 Å². The van der Waals surface area contributed by atoms with Crippen molar-refractivity contribution in [2.45, 2.75) is 51.4 Å². The van der Waals surface area contributed by atoms with Crippen molar-refractivity contribution in [2.24, 2.45) is 11.5 Å². The number of carboxylic acid groups (broad SMARTS) is 4. The number of carbonyl (C=O) groups is 4. The Bertz CT molecular complexity index is 598. The lowest BCUT2D eigenvalue weighted by Gasteiger charge is -1.95. The van der Waals surface area contributed by atoms with Crippen LogP contribution in [0.5, 0.6) is 0 Å². The summed E-state index contributed by atoms with van der Waals surface area (Å²) in [7, 11) is 0. The van der Waals surface area contributed by atoms with Gasteiger partial charge in [0.2, 0.25) is 0 Å². The molecule has 1 aromatic rings. The van der Waals surface area contributed by atoms with Crippen molar-refractivity contribution in [3.63, 3.8) is 0 Å². The monoisotopic (exact) mass is 428 g/mol. The molecule has 0 aliphatic heterocycles. The van der Waals surface area contributed by atoms with Crippen LogP contribution in [0, 0.1) is 0 Å². The SMILES string of the molecule is NCCCCCCN.O=C(O)CCCCC(=O)O.O=C(O)c1cccc(C(=O)O)c1. The molecule has 170 valence electrons. The number of benzene rings is 1. The first-order valence-corrected chi connectivity index (χ1v) is 9.56. The highest BCUT2D eigenvalue weighted by Crippen LogP contribution is 2.04. The molecule has 0 fully saturated rings. The van der Waals surface area contributed by atoms with Crippen LogP contribution in [-0.4, -0.2) is 57.4 Å². The second-order valence-electron chi connectivity index (χ2n) is 6.18. The molecular weight excluding hydrogens is 396 g/mol. The lowest BCUT2D eigenvalue weighted by Crippen LogP contribution is -2.01. The number of rotatable bonds is 12. The lowest BCUT2D eigenvalue weighted by molar-refractivity contribution is -0.139. The molecule has 1 aromatic carbocycles. The summed E-state index contributed by atoms with van der Waals surface area (Å²) in [5, 5.41) is 33.3. The molecule has 0 atom stereocenters. The summed E-state index contributed by atoms with van der Waals surface area (Å²) in [4.78, 5) is 40.6. The van der Waals surface area contributed by atoms with E-state index in [0.717, 1.165) is 32.0 Å². The number of nitrogens with two attached hydrogens (primary N) is 2. The molecule has 0 unspecified atom stereocenters. The van der Waals surface area contributed by atoms with Crippen LogP contribution in [0.2, 0.25) is 0 Å². The van der Waals surface area contributed by atoms with Crippen LogP contribution in [0.15, 0.2) is 24.3 Å². The lowest BCUT2D eigenvalue weighted by atomic mass is 10.1. The van der Waals surface area contributed by atoms with Crippen molar-refractivity contribution >= 4 is 23.9 Å². The van der Waals surface area contributed by atoms with E-state index in [1.54, 1.807) is 0 Å². The van der Waals surface area contributed by atoms with Gasteiger partial charge in [0.15, 0.2) is 0 Å². The van der Waals surface area contributed by atoms with Gasteiger partial charge in [-0.1, -0.05) is 18.9 Å². The van der Waals surface area contributed by atoms with E-state index in [2.05, 4.69) is 0 Å².